The average molecular weight is 209 g/mol. The first-order valence-electron chi connectivity index (χ1n) is 5.60. The van der Waals surface area contributed by atoms with Gasteiger partial charge < -0.3 is 10.1 Å². The van der Waals surface area contributed by atoms with Gasteiger partial charge in [-0.2, -0.15) is 5.10 Å². The molecule has 1 aromatic heterocycles. The standard InChI is InChI=1S/C11H19N3O/c1-14-7-11(6-13-14)9-15-8-10-3-2-4-12-5-10/h6-7,10,12H,2-5,8-9H2,1H3. The fourth-order valence-electron chi connectivity index (χ4n) is 1.96. The highest BCUT2D eigenvalue weighted by Gasteiger charge is 2.12. The van der Waals surface area contributed by atoms with Gasteiger partial charge in [0.1, 0.15) is 0 Å². The molecular formula is C11H19N3O. The molecule has 4 heteroatoms. The Morgan fingerprint density at radius 3 is 3.27 bits per heavy atom. The lowest BCUT2D eigenvalue weighted by molar-refractivity contribution is 0.0782. The summed E-state index contributed by atoms with van der Waals surface area (Å²) in [6.45, 7) is 3.82. The van der Waals surface area contributed by atoms with Crippen LogP contribution in [0.1, 0.15) is 18.4 Å². The molecule has 0 amide bonds. The van der Waals surface area contributed by atoms with E-state index in [1.807, 2.05) is 19.4 Å². The molecule has 2 rings (SSSR count). The summed E-state index contributed by atoms with van der Waals surface area (Å²) < 4.78 is 7.49. The van der Waals surface area contributed by atoms with Gasteiger partial charge in [0.25, 0.3) is 0 Å². The molecule has 1 unspecified atom stereocenters. The van der Waals surface area contributed by atoms with Crippen LogP contribution < -0.4 is 5.32 Å². The maximum absolute atomic E-state index is 5.68. The van der Waals surface area contributed by atoms with Crippen molar-refractivity contribution in [2.24, 2.45) is 13.0 Å². The van der Waals surface area contributed by atoms with Crippen LogP contribution in [0.5, 0.6) is 0 Å². The zero-order valence-corrected chi connectivity index (χ0v) is 9.28. The Bertz CT molecular complexity index is 292. The van der Waals surface area contributed by atoms with Crippen molar-refractivity contribution in [2.45, 2.75) is 19.4 Å². The first kappa shape index (κ1) is 10.6. The molecule has 1 N–H and O–H groups in total. The van der Waals surface area contributed by atoms with Crippen molar-refractivity contribution < 1.29 is 4.74 Å². The van der Waals surface area contributed by atoms with Crippen LogP contribution in [-0.2, 0) is 18.4 Å². The summed E-state index contributed by atoms with van der Waals surface area (Å²) in [4.78, 5) is 0. The van der Waals surface area contributed by atoms with Gasteiger partial charge in [-0.05, 0) is 25.3 Å². The molecule has 0 aromatic carbocycles. The number of aromatic nitrogens is 2. The molecule has 1 aromatic rings. The summed E-state index contributed by atoms with van der Waals surface area (Å²) in [5.41, 5.74) is 1.15. The second-order valence-electron chi connectivity index (χ2n) is 4.25. The molecule has 1 saturated heterocycles. The molecule has 1 aliphatic rings. The highest BCUT2D eigenvalue weighted by molar-refractivity contribution is 5.01. The molecular weight excluding hydrogens is 190 g/mol. The van der Waals surface area contributed by atoms with E-state index in [4.69, 9.17) is 4.74 Å². The number of rotatable bonds is 4. The van der Waals surface area contributed by atoms with Crippen LogP contribution >= 0.6 is 0 Å². The summed E-state index contributed by atoms with van der Waals surface area (Å²) in [5, 5.41) is 7.50. The summed E-state index contributed by atoms with van der Waals surface area (Å²) in [7, 11) is 1.93. The average Bonchev–Trinajstić information content (AvgIpc) is 2.66. The van der Waals surface area contributed by atoms with Crippen molar-refractivity contribution in [1.82, 2.24) is 15.1 Å². The molecule has 1 fully saturated rings. The second kappa shape index (κ2) is 5.28. The lowest BCUT2D eigenvalue weighted by Crippen LogP contribution is -2.32. The third-order valence-electron chi connectivity index (χ3n) is 2.78. The maximum Gasteiger partial charge on any atom is 0.0747 e. The van der Waals surface area contributed by atoms with Gasteiger partial charge >= 0.3 is 0 Å². The van der Waals surface area contributed by atoms with Crippen LogP contribution in [0.3, 0.4) is 0 Å². The molecule has 84 valence electrons. The lowest BCUT2D eigenvalue weighted by Gasteiger charge is -2.22. The molecule has 1 atom stereocenters. The predicted molar refractivity (Wildman–Crippen MR) is 58.5 cm³/mol. The molecule has 2 heterocycles. The van der Waals surface area contributed by atoms with Gasteiger partial charge in [-0.25, -0.2) is 0 Å². The molecule has 1 aliphatic heterocycles. The van der Waals surface area contributed by atoms with E-state index in [2.05, 4.69) is 10.4 Å². The van der Waals surface area contributed by atoms with Gasteiger partial charge in [0.2, 0.25) is 0 Å². The summed E-state index contributed by atoms with van der Waals surface area (Å²) in [5.74, 6) is 0.690. The fourth-order valence-corrected chi connectivity index (χ4v) is 1.96. The Morgan fingerprint density at radius 1 is 1.67 bits per heavy atom. The molecule has 0 bridgehead atoms. The Hall–Kier alpha value is -0.870. The minimum atomic E-state index is 0.685. The SMILES string of the molecule is Cn1cc(COCC2CCCNC2)cn1. The predicted octanol–water partition coefficient (Wildman–Crippen LogP) is 0.936. The molecule has 0 spiro atoms. The first-order valence-corrected chi connectivity index (χ1v) is 5.60. The number of ether oxygens (including phenoxy) is 1. The van der Waals surface area contributed by atoms with Crippen LogP contribution in [0.15, 0.2) is 12.4 Å². The first-order chi connectivity index (χ1) is 7.34. The van der Waals surface area contributed by atoms with Gasteiger partial charge in [-0.15, -0.1) is 0 Å². The lowest BCUT2D eigenvalue weighted by atomic mass is 10.0. The Labute approximate surface area is 90.6 Å². The molecule has 0 aliphatic carbocycles. The highest BCUT2D eigenvalue weighted by Crippen LogP contribution is 2.11. The van der Waals surface area contributed by atoms with E-state index >= 15 is 0 Å². The number of nitrogens with zero attached hydrogens (tertiary/aromatic N) is 2. The topological polar surface area (TPSA) is 39.1 Å². The van der Waals surface area contributed by atoms with Crippen molar-refractivity contribution in [3.63, 3.8) is 0 Å². The largest absolute Gasteiger partial charge is 0.376 e. The van der Waals surface area contributed by atoms with Gasteiger partial charge in [0, 0.05) is 25.4 Å². The van der Waals surface area contributed by atoms with Crippen LogP contribution in [0.2, 0.25) is 0 Å². The van der Waals surface area contributed by atoms with E-state index in [0.717, 1.165) is 18.7 Å². The molecule has 15 heavy (non-hydrogen) atoms. The number of piperidine rings is 1. The van der Waals surface area contributed by atoms with Crippen molar-refractivity contribution in [2.75, 3.05) is 19.7 Å². The van der Waals surface area contributed by atoms with Gasteiger partial charge in [0.05, 0.1) is 19.4 Å². The normalized spacial score (nSPS) is 21.8. The highest BCUT2D eigenvalue weighted by atomic mass is 16.5. The summed E-state index contributed by atoms with van der Waals surface area (Å²) >= 11 is 0. The van der Waals surface area contributed by atoms with Crippen LogP contribution in [0, 0.1) is 5.92 Å². The summed E-state index contributed by atoms with van der Waals surface area (Å²) in [6, 6.07) is 0. The number of nitrogens with one attached hydrogen (secondary N) is 1. The van der Waals surface area contributed by atoms with Crippen molar-refractivity contribution in [3.8, 4) is 0 Å². The van der Waals surface area contributed by atoms with Crippen molar-refractivity contribution in [1.29, 1.82) is 0 Å². The smallest absolute Gasteiger partial charge is 0.0747 e. The van der Waals surface area contributed by atoms with E-state index < -0.39 is 0 Å². The molecule has 4 nitrogen and oxygen atoms in total. The number of aryl methyl sites for hydroxylation is 1. The zero-order chi connectivity index (χ0) is 10.5. The monoisotopic (exact) mass is 209 g/mol. The Morgan fingerprint density at radius 2 is 2.60 bits per heavy atom. The van der Waals surface area contributed by atoms with E-state index in [9.17, 15) is 0 Å². The van der Waals surface area contributed by atoms with Gasteiger partial charge in [-0.1, -0.05) is 0 Å². The van der Waals surface area contributed by atoms with Crippen LogP contribution in [0.4, 0.5) is 0 Å². The third-order valence-corrected chi connectivity index (χ3v) is 2.78. The molecule has 0 radical (unpaired) electrons. The van der Waals surface area contributed by atoms with Crippen LogP contribution in [-0.4, -0.2) is 29.5 Å². The van der Waals surface area contributed by atoms with E-state index in [1.54, 1.807) is 4.68 Å². The van der Waals surface area contributed by atoms with Crippen molar-refractivity contribution in [3.05, 3.63) is 18.0 Å². The van der Waals surface area contributed by atoms with Gasteiger partial charge in [-0.3, -0.25) is 4.68 Å². The van der Waals surface area contributed by atoms with E-state index in [1.165, 1.54) is 19.4 Å². The fraction of sp³-hybridized carbons (Fsp3) is 0.727. The quantitative estimate of drug-likeness (QED) is 0.802. The summed E-state index contributed by atoms with van der Waals surface area (Å²) in [6.07, 6.45) is 6.43. The minimum absolute atomic E-state index is 0.685. The number of hydrogen-bond acceptors (Lipinski definition) is 3. The van der Waals surface area contributed by atoms with Gasteiger partial charge in [0.15, 0.2) is 0 Å². The Kier molecular flexibility index (Phi) is 3.75. The van der Waals surface area contributed by atoms with Crippen LogP contribution in [0.25, 0.3) is 0 Å². The second-order valence-corrected chi connectivity index (χ2v) is 4.25. The third kappa shape index (κ3) is 3.32. The van der Waals surface area contributed by atoms with E-state index in [0.29, 0.717) is 12.5 Å². The maximum atomic E-state index is 5.68. The number of hydrogen-bond donors (Lipinski definition) is 1. The van der Waals surface area contributed by atoms with Crippen molar-refractivity contribution >= 4 is 0 Å². The van der Waals surface area contributed by atoms with E-state index in [-0.39, 0.29) is 0 Å². The molecule has 0 saturated carbocycles. The zero-order valence-electron chi connectivity index (χ0n) is 9.28. The minimum Gasteiger partial charge on any atom is -0.376 e. The Balaban J connectivity index is 1.65.